The molecule has 2 aromatic rings. The van der Waals surface area contributed by atoms with Crippen molar-refractivity contribution in [2.24, 2.45) is 0 Å². The molecule has 0 fully saturated rings. The van der Waals surface area contributed by atoms with Crippen LogP contribution in [0.3, 0.4) is 0 Å². The SMILES string of the molecule is COc1cc(S(=O)(=O)Nc2cc(C)cc(C)c2)ccc1N. The summed E-state index contributed by atoms with van der Waals surface area (Å²) in [7, 11) is -2.24. The van der Waals surface area contributed by atoms with Gasteiger partial charge in [0.1, 0.15) is 5.75 Å². The normalized spacial score (nSPS) is 11.2. The van der Waals surface area contributed by atoms with Crippen LogP contribution in [-0.4, -0.2) is 15.5 Å². The number of hydrogen-bond donors (Lipinski definition) is 2. The maximum atomic E-state index is 12.4. The van der Waals surface area contributed by atoms with Gasteiger partial charge in [-0.1, -0.05) is 6.07 Å². The van der Waals surface area contributed by atoms with Crippen LogP contribution in [0.4, 0.5) is 11.4 Å². The summed E-state index contributed by atoms with van der Waals surface area (Å²) in [6.07, 6.45) is 0. The third-order valence-electron chi connectivity index (χ3n) is 2.99. The van der Waals surface area contributed by atoms with Gasteiger partial charge < -0.3 is 10.5 Å². The molecule has 0 atom stereocenters. The standard InChI is InChI=1S/C15H18N2O3S/c1-10-6-11(2)8-12(7-10)17-21(18,19)13-4-5-14(16)15(9-13)20-3/h4-9,17H,16H2,1-3H3. The van der Waals surface area contributed by atoms with Crippen LogP contribution in [-0.2, 0) is 10.0 Å². The van der Waals surface area contributed by atoms with Crippen molar-refractivity contribution in [1.82, 2.24) is 0 Å². The first-order valence-electron chi connectivity index (χ1n) is 6.36. The lowest BCUT2D eigenvalue weighted by Crippen LogP contribution is -2.13. The van der Waals surface area contributed by atoms with Gasteiger partial charge in [0.25, 0.3) is 10.0 Å². The number of hydrogen-bond acceptors (Lipinski definition) is 4. The number of nitrogens with one attached hydrogen (secondary N) is 1. The minimum absolute atomic E-state index is 0.104. The number of sulfonamides is 1. The van der Waals surface area contributed by atoms with E-state index in [9.17, 15) is 8.42 Å². The summed E-state index contributed by atoms with van der Waals surface area (Å²) in [5.74, 6) is 0.332. The van der Waals surface area contributed by atoms with E-state index in [4.69, 9.17) is 10.5 Å². The van der Waals surface area contributed by atoms with Gasteiger partial charge in [-0.3, -0.25) is 4.72 Å². The van der Waals surface area contributed by atoms with Crippen LogP contribution >= 0.6 is 0 Å². The van der Waals surface area contributed by atoms with Gasteiger partial charge in [0, 0.05) is 11.8 Å². The summed E-state index contributed by atoms with van der Waals surface area (Å²) >= 11 is 0. The van der Waals surface area contributed by atoms with E-state index in [2.05, 4.69) is 4.72 Å². The van der Waals surface area contributed by atoms with E-state index in [-0.39, 0.29) is 4.90 Å². The number of methoxy groups -OCH3 is 1. The molecule has 0 spiro atoms. The maximum Gasteiger partial charge on any atom is 0.262 e. The lowest BCUT2D eigenvalue weighted by atomic mass is 10.1. The highest BCUT2D eigenvalue weighted by Gasteiger charge is 2.16. The van der Waals surface area contributed by atoms with Gasteiger partial charge in [0.2, 0.25) is 0 Å². The molecule has 3 N–H and O–H groups in total. The third-order valence-corrected chi connectivity index (χ3v) is 4.37. The number of aryl methyl sites for hydroxylation is 2. The monoisotopic (exact) mass is 306 g/mol. The van der Waals surface area contributed by atoms with Crippen LogP contribution in [0, 0.1) is 13.8 Å². The smallest absolute Gasteiger partial charge is 0.262 e. The van der Waals surface area contributed by atoms with Crippen molar-refractivity contribution in [1.29, 1.82) is 0 Å². The van der Waals surface area contributed by atoms with E-state index in [1.165, 1.54) is 25.3 Å². The fourth-order valence-corrected chi connectivity index (χ4v) is 3.16. The summed E-state index contributed by atoms with van der Waals surface area (Å²) in [4.78, 5) is 0.104. The molecule has 6 heteroatoms. The Morgan fingerprint density at radius 1 is 1.05 bits per heavy atom. The van der Waals surface area contributed by atoms with Gasteiger partial charge in [-0.15, -0.1) is 0 Å². The minimum atomic E-state index is -3.68. The number of rotatable bonds is 4. The number of anilines is 2. The molecule has 0 aliphatic carbocycles. The molecule has 0 radical (unpaired) electrons. The zero-order valence-electron chi connectivity index (χ0n) is 12.2. The number of benzene rings is 2. The van der Waals surface area contributed by atoms with Crippen LogP contribution < -0.4 is 15.2 Å². The van der Waals surface area contributed by atoms with E-state index in [0.29, 0.717) is 17.1 Å². The Morgan fingerprint density at radius 2 is 1.67 bits per heavy atom. The Morgan fingerprint density at radius 3 is 2.24 bits per heavy atom. The van der Waals surface area contributed by atoms with Crippen molar-refractivity contribution in [2.75, 3.05) is 17.6 Å². The minimum Gasteiger partial charge on any atom is -0.495 e. The van der Waals surface area contributed by atoms with Gasteiger partial charge in [-0.05, 0) is 49.2 Å². The number of nitrogens with two attached hydrogens (primary N) is 1. The highest BCUT2D eigenvalue weighted by molar-refractivity contribution is 7.92. The molecular weight excluding hydrogens is 288 g/mol. The van der Waals surface area contributed by atoms with E-state index < -0.39 is 10.0 Å². The second-order valence-electron chi connectivity index (χ2n) is 4.89. The van der Waals surface area contributed by atoms with E-state index in [1.54, 1.807) is 12.1 Å². The van der Waals surface area contributed by atoms with Crippen molar-refractivity contribution in [2.45, 2.75) is 18.7 Å². The quantitative estimate of drug-likeness (QED) is 0.851. The van der Waals surface area contributed by atoms with Crippen molar-refractivity contribution < 1.29 is 13.2 Å². The first-order valence-corrected chi connectivity index (χ1v) is 7.85. The van der Waals surface area contributed by atoms with Gasteiger partial charge in [0.15, 0.2) is 0 Å². The average molecular weight is 306 g/mol. The predicted molar refractivity (Wildman–Crippen MR) is 84.1 cm³/mol. The zero-order chi connectivity index (χ0) is 15.6. The molecule has 2 aromatic carbocycles. The molecule has 5 nitrogen and oxygen atoms in total. The van der Waals surface area contributed by atoms with Crippen LogP contribution in [0.15, 0.2) is 41.3 Å². The summed E-state index contributed by atoms with van der Waals surface area (Å²) in [5, 5.41) is 0. The molecule has 0 saturated heterocycles. The first-order chi connectivity index (χ1) is 9.81. The Bertz CT molecular complexity index is 750. The summed E-state index contributed by atoms with van der Waals surface area (Å²) in [6.45, 7) is 3.83. The molecule has 0 heterocycles. The Kier molecular flexibility index (Phi) is 4.09. The van der Waals surface area contributed by atoms with Gasteiger partial charge in [0.05, 0.1) is 17.7 Å². The van der Waals surface area contributed by atoms with Crippen molar-refractivity contribution in [3.05, 3.63) is 47.5 Å². The molecular formula is C15H18N2O3S. The summed E-state index contributed by atoms with van der Waals surface area (Å²) in [6, 6.07) is 9.89. The van der Waals surface area contributed by atoms with Gasteiger partial charge >= 0.3 is 0 Å². The molecule has 0 amide bonds. The maximum absolute atomic E-state index is 12.4. The second kappa shape index (κ2) is 5.65. The van der Waals surface area contributed by atoms with E-state index in [1.807, 2.05) is 19.9 Å². The summed E-state index contributed by atoms with van der Waals surface area (Å²) in [5.41, 5.74) is 8.59. The summed E-state index contributed by atoms with van der Waals surface area (Å²) < 4.78 is 32.4. The van der Waals surface area contributed by atoms with Crippen molar-refractivity contribution in [3.8, 4) is 5.75 Å². The van der Waals surface area contributed by atoms with Crippen molar-refractivity contribution in [3.63, 3.8) is 0 Å². The molecule has 0 aliphatic rings. The fourth-order valence-electron chi connectivity index (χ4n) is 2.11. The molecule has 0 bridgehead atoms. The largest absolute Gasteiger partial charge is 0.495 e. The molecule has 0 aliphatic heterocycles. The molecule has 21 heavy (non-hydrogen) atoms. The first kappa shape index (κ1) is 15.2. The van der Waals surface area contributed by atoms with Crippen LogP contribution in [0.2, 0.25) is 0 Å². The lowest BCUT2D eigenvalue weighted by molar-refractivity contribution is 0.415. The van der Waals surface area contributed by atoms with Crippen LogP contribution in [0.5, 0.6) is 5.75 Å². The highest BCUT2D eigenvalue weighted by Crippen LogP contribution is 2.26. The Hall–Kier alpha value is -2.21. The lowest BCUT2D eigenvalue weighted by Gasteiger charge is -2.11. The van der Waals surface area contributed by atoms with Crippen molar-refractivity contribution >= 4 is 21.4 Å². The molecule has 112 valence electrons. The zero-order valence-corrected chi connectivity index (χ0v) is 13.0. The van der Waals surface area contributed by atoms with Gasteiger partial charge in [-0.2, -0.15) is 0 Å². The van der Waals surface area contributed by atoms with E-state index >= 15 is 0 Å². The third kappa shape index (κ3) is 3.46. The number of nitrogen functional groups attached to an aromatic ring is 1. The van der Waals surface area contributed by atoms with Gasteiger partial charge in [-0.25, -0.2) is 8.42 Å². The highest BCUT2D eigenvalue weighted by atomic mass is 32.2. The van der Waals surface area contributed by atoms with Crippen LogP contribution in [0.1, 0.15) is 11.1 Å². The Labute approximate surface area is 124 Å². The second-order valence-corrected chi connectivity index (χ2v) is 6.57. The topological polar surface area (TPSA) is 81.4 Å². The molecule has 0 unspecified atom stereocenters. The molecule has 0 saturated carbocycles. The molecule has 0 aromatic heterocycles. The Balaban J connectivity index is 2.38. The fraction of sp³-hybridized carbons (Fsp3) is 0.200. The van der Waals surface area contributed by atoms with E-state index in [0.717, 1.165) is 11.1 Å². The van der Waals surface area contributed by atoms with Crippen LogP contribution in [0.25, 0.3) is 0 Å². The molecule has 2 rings (SSSR count). The predicted octanol–water partition coefficient (Wildman–Crippen LogP) is 2.70. The number of ether oxygens (including phenoxy) is 1. The average Bonchev–Trinajstić information content (AvgIpc) is 2.37.